The molecule has 126 valence electrons. The average Bonchev–Trinajstić information content (AvgIpc) is 2.22. The number of hydrogen-bond donors (Lipinski definition) is 3. The highest BCUT2D eigenvalue weighted by atomic mass is 16.6. The Kier molecular flexibility index (Phi) is 8.26. The zero-order valence-corrected chi connectivity index (χ0v) is 14.5. The van der Waals surface area contributed by atoms with Crippen LogP contribution in [0.1, 0.15) is 61.3 Å². The quantitative estimate of drug-likeness (QED) is 0.675. The van der Waals surface area contributed by atoms with Crippen LogP contribution in [0.4, 0.5) is 4.79 Å². The van der Waals surface area contributed by atoms with Gasteiger partial charge in [0.15, 0.2) is 0 Å². The van der Waals surface area contributed by atoms with E-state index in [1.807, 2.05) is 27.7 Å². The summed E-state index contributed by atoms with van der Waals surface area (Å²) in [4.78, 5) is 11.9. The fourth-order valence-corrected chi connectivity index (χ4v) is 2.14. The Morgan fingerprint density at radius 2 is 1.52 bits per heavy atom. The molecule has 21 heavy (non-hydrogen) atoms. The number of hydrogen-bond acceptors (Lipinski definition) is 4. The molecule has 0 rings (SSSR count). The molecule has 0 aliphatic rings. The Morgan fingerprint density at radius 1 is 1.05 bits per heavy atom. The van der Waals surface area contributed by atoms with Gasteiger partial charge < -0.3 is 20.3 Å². The number of aliphatic hydroxyl groups is 2. The molecule has 0 aromatic rings. The molecule has 0 heterocycles. The number of amides is 1. The molecule has 3 atom stereocenters. The molecule has 0 unspecified atom stereocenters. The summed E-state index contributed by atoms with van der Waals surface area (Å²) in [6, 6.07) is -0.520. The molecule has 0 aromatic heterocycles. The lowest BCUT2D eigenvalue weighted by Crippen LogP contribution is -2.50. The van der Waals surface area contributed by atoms with E-state index in [9.17, 15) is 15.0 Å². The van der Waals surface area contributed by atoms with Crippen molar-refractivity contribution in [3.63, 3.8) is 0 Å². The van der Waals surface area contributed by atoms with Gasteiger partial charge in [0.1, 0.15) is 11.7 Å². The molecule has 0 aromatic carbocycles. The average molecular weight is 303 g/mol. The van der Waals surface area contributed by atoms with Crippen LogP contribution >= 0.6 is 0 Å². The van der Waals surface area contributed by atoms with E-state index in [1.165, 1.54) is 0 Å². The second-order valence-electron chi connectivity index (χ2n) is 7.57. The smallest absolute Gasteiger partial charge is 0.407 e. The summed E-state index contributed by atoms with van der Waals surface area (Å²) in [5.41, 5.74) is -0.589. The number of rotatable bonds is 7. The van der Waals surface area contributed by atoms with Gasteiger partial charge in [-0.2, -0.15) is 0 Å². The maximum Gasteiger partial charge on any atom is 0.407 e. The molecule has 0 bridgehead atoms. The van der Waals surface area contributed by atoms with Crippen molar-refractivity contribution in [3.05, 3.63) is 0 Å². The first-order valence-electron chi connectivity index (χ1n) is 7.78. The molecular formula is C16H33NO4. The third-order valence-corrected chi connectivity index (χ3v) is 2.95. The van der Waals surface area contributed by atoms with Crippen molar-refractivity contribution in [1.29, 1.82) is 0 Å². The number of aliphatic hydroxyl groups excluding tert-OH is 2. The molecule has 0 fully saturated rings. The predicted molar refractivity (Wildman–Crippen MR) is 84.1 cm³/mol. The Balaban J connectivity index is 4.74. The largest absolute Gasteiger partial charge is 0.444 e. The molecule has 0 aliphatic heterocycles. The fraction of sp³-hybridized carbons (Fsp3) is 0.938. The summed E-state index contributed by atoms with van der Waals surface area (Å²) < 4.78 is 5.22. The molecular weight excluding hydrogens is 270 g/mol. The minimum atomic E-state index is -0.998. The number of carbonyl (C=O) groups is 1. The van der Waals surface area contributed by atoms with Crippen LogP contribution in [-0.2, 0) is 4.74 Å². The van der Waals surface area contributed by atoms with Crippen molar-refractivity contribution >= 4 is 6.09 Å². The highest BCUT2D eigenvalue weighted by molar-refractivity contribution is 5.68. The summed E-state index contributed by atoms with van der Waals surface area (Å²) in [6.45, 7) is 13.3. The van der Waals surface area contributed by atoms with Gasteiger partial charge in [0, 0.05) is 0 Å². The number of nitrogens with one attached hydrogen (secondary N) is 1. The standard InChI is InChI=1S/C16H33NO4/c1-10(2)8-12(14(19)13(18)9-11(3)4)17-15(20)21-16(5,6)7/h10-14,18-19H,8-9H2,1-7H3,(H,17,20)/t12-,13-,14+/m0/s1. The molecule has 0 spiro atoms. The van der Waals surface area contributed by atoms with Crippen LogP contribution in [0, 0.1) is 11.8 Å². The van der Waals surface area contributed by atoms with Crippen LogP contribution in [-0.4, -0.2) is 40.2 Å². The normalized spacial score (nSPS) is 16.7. The molecule has 5 nitrogen and oxygen atoms in total. The number of alkyl carbamates (subject to hydrolysis) is 1. The first-order chi connectivity index (χ1) is 9.42. The molecule has 0 saturated heterocycles. The Labute approximate surface area is 129 Å². The van der Waals surface area contributed by atoms with Gasteiger partial charge in [0.2, 0.25) is 0 Å². The third-order valence-electron chi connectivity index (χ3n) is 2.95. The SMILES string of the molecule is CC(C)C[C@H](NC(=O)OC(C)(C)C)[C@@H](O)[C@@H](O)CC(C)C. The van der Waals surface area contributed by atoms with E-state index in [1.54, 1.807) is 20.8 Å². The van der Waals surface area contributed by atoms with Crippen molar-refractivity contribution in [2.24, 2.45) is 11.8 Å². The van der Waals surface area contributed by atoms with E-state index >= 15 is 0 Å². The Bertz CT molecular complexity index is 310. The predicted octanol–water partition coefficient (Wildman–Crippen LogP) is 2.69. The lowest BCUT2D eigenvalue weighted by molar-refractivity contribution is -0.0215. The van der Waals surface area contributed by atoms with E-state index in [0.29, 0.717) is 12.8 Å². The molecule has 0 radical (unpaired) electrons. The Morgan fingerprint density at radius 3 is 1.90 bits per heavy atom. The summed E-state index contributed by atoms with van der Waals surface area (Å²) in [6.07, 6.45) is -1.35. The van der Waals surface area contributed by atoms with Crippen molar-refractivity contribution in [2.75, 3.05) is 0 Å². The van der Waals surface area contributed by atoms with Crippen LogP contribution in [0.5, 0.6) is 0 Å². The Hall–Kier alpha value is -0.810. The van der Waals surface area contributed by atoms with Crippen LogP contribution in [0.2, 0.25) is 0 Å². The van der Waals surface area contributed by atoms with E-state index in [0.717, 1.165) is 0 Å². The zero-order valence-electron chi connectivity index (χ0n) is 14.5. The van der Waals surface area contributed by atoms with E-state index in [2.05, 4.69) is 5.32 Å². The zero-order chi connectivity index (χ0) is 16.8. The van der Waals surface area contributed by atoms with Crippen LogP contribution in [0.3, 0.4) is 0 Å². The van der Waals surface area contributed by atoms with Gasteiger partial charge in [0.25, 0.3) is 0 Å². The lowest BCUT2D eigenvalue weighted by Gasteiger charge is -2.30. The van der Waals surface area contributed by atoms with E-state index < -0.39 is 29.9 Å². The molecule has 1 amide bonds. The topological polar surface area (TPSA) is 78.8 Å². The molecule has 0 saturated carbocycles. The first-order valence-corrected chi connectivity index (χ1v) is 7.78. The maximum absolute atomic E-state index is 11.9. The van der Waals surface area contributed by atoms with E-state index in [4.69, 9.17) is 4.74 Å². The van der Waals surface area contributed by atoms with Crippen LogP contribution < -0.4 is 5.32 Å². The summed E-state index contributed by atoms with van der Waals surface area (Å²) in [5.74, 6) is 0.557. The second kappa shape index (κ2) is 8.59. The maximum atomic E-state index is 11.9. The summed E-state index contributed by atoms with van der Waals surface area (Å²) >= 11 is 0. The van der Waals surface area contributed by atoms with Gasteiger partial charge >= 0.3 is 6.09 Å². The highest BCUT2D eigenvalue weighted by Crippen LogP contribution is 2.17. The van der Waals surface area contributed by atoms with Crippen molar-refractivity contribution < 1.29 is 19.7 Å². The van der Waals surface area contributed by atoms with Gasteiger partial charge in [-0.05, 0) is 45.4 Å². The highest BCUT2D eigenvalue weighted by Gasteiger charge is 2.30. The number of ether oxygens (including phenoxy) is 1. The summed E-state index contributed by atoms with van der Waals surface area (Å²) in [7, 11) is 0. The number of carbonyl (C=O) groups excluding carboxylic acids is 1. The molecule has 5 heteroatoms. The van der Waals surface area contributed by atoms with Gasteiger partial charge in [-0.3, -0.25) is 0 Å². The van der Waals surface area contributed by atoms with E-state index in [-0.39, 0.29) is 11.8 Å². The lowest BCUT2D eigenvalue weighted by atomic mass is 9.92. The van der Waals surface area contributed by atoms with Crippen molar-refractivity contribution in [1.82, 2.24) is 5.32 Å². The van der Waals surface area contributed by atoms with Gasteiger partial charge in [-0.1, -0.05) is 27.7 Å². The monoisotopic (exact) mass is 303 g/mol. The van der Waals surface area contributed by atoms with Gasteiger partial charge in [-0.25, -0.2) is 4.79 Å². The fourth-order valence-electron chi connectivity index (χ4n) is 2.14. The molecule has 3 N–H and O–H groups in total. The van der Waals surface area contributed by atoms with Gasteiger partial charge in [-0.15, -0.1) is 0 Å². The van der Waals surface area contributed by atoms with Gasteiger partial charge in [0.05, 0.1) is 12.1 Å². The summed E-state index contributed by atoms with van der Waals surface area (Å²) in [5, 5.41) is 23.1. The first kappa shape index (κ1) is 20.2. The third kappa shape index (κ3) is 9.69. The minimum Gasteiger partial charge on any atom is -0.444 e. The van der Waals surface area contributed by atoms with Crippen LogP contribution in [0.25, 0.3) is 0 Å². The minimum absolute atomic E-state index is 0.274. The molecule has 0 aliphatic carbocycles. The van der Waals surface area contributed by atoms with Crippen molar-refractivity contribution in [2.45, 2.75) is 85.2 Å². The van der Waals surface area contributed by atoms with Crippen LogP contribution in [0.15, 0.2) is 0 Å². The van der Waals surface area contributed by atoms with Crippen molar-refractivity contribution in [3.8, 4) is 0 Å². The second-order valence-corrected chi connectivity index (χ2v) is 7.57.